The quantitative estimate of drug-likeness (QED) is 0.475. The third kappa shape index (κ3) is 6.63. The van der Waals surface area contributed by atoms with Gasteiger partial charge in [0.15, 0.2) is 0 Å². The Morgan fingerprint density at radius 1 is 1.11 bits per heavy atom. The van der Waals surface area contributed by atoms with E-state index in [1.807, 2.05) is 0 Å². The van der Waals surface area contributed by atoms with Crippen LogP contribution in [-0.2, 0) is 9.59 Å². The van der Waals surface area contributed by atoms with Crippen molar-refractivity contribution in [1.29, 1.82) is 0 Å². The number of amides is 3. The Morgan fingerprint density at radius 2 is 1.86 bits per heavy atom. The van der Waals surface area contributed by atoms with Crippen LogP contribution in [0.1, 0.15) is 23.7 Å². The van der Waals surface area contributed by atoms with Crippen LogP contribution in [0.3, 0.4) is 0 Å². The van der Waals surface area contributed by atoms with Crippen LogP contribution >= 0.6 is 11.6 Å². The molecule has 3 aromatic carbocycles. The molecule has 8 nitrogen and oxygen atoms in total. The number of benzene rings is 3. The van der Waals surface area contributed by atoms with Gasteiger partial charge in [0.1, 0.15) is 23.9 Å². The van der Waals surface area contributed by atoms with Gasteiger partial charge in [0.05, 0.1) is 5.56 Å². The van der Waals surface area contributed by atoms with Gasteiger partial charge in [-0.1, -0.05) is 17.7 Å². The second kappa shape index (κ2) is 11.4. The summed E-state index contributed by atoms with van der Waals surface area (Å²) in [5, 5.41) is 3.06. The molecule has 3 aromatic rings. The molecule has 0 aromatic heterocycles. The van der Waals surface area contributed by atoms with Crippen molar-refractivity contribution in [3.8, 4) is 11.5 Å². The maximum absolute atomic E-state index is 14.8. The molecule has 10 heteroatoms. The molecule has 0 saturated carbocycles. The van der Waals surface area contributed by atoms with Crippen molar-refractivity contribution in [2.45, 2.75) is 19.4 Å². The zero-order valence-electron chi connectivity index (χ0n) is 20.1. The van der Waals surface area contributed by atoms with Gasteiger partial charge in [-0.05, 0) is 67.1 Å². The van der Waals surface area contributed by atoms with E-state index in [1.54, 1.807) is 53.4 Å². The normalized spacial score (nSPS) is 14.8. The van der Waals surface area contributed by atoms with Crippen LogP contribution in [0, 0.1) is 5.82 Å². The summed E-state index contributed by atoms with van der Waals surface area (Å²) in [4.78, 5) is 40.8. The van der Waals surface area contributed by atoms with E-state index in [0.717, 1.165) is 6.07 Å². The minimum atomic E-state index is -0.777. The summed E-state index contributed by atoms with van der Waals surface area (Å²) < 4.78 is 20.6. The van der Waals surface area contributed by atoms with Gasteiger partial charge in [-0.15, -0.1) is 0 Å². The van der Waals surface area contributed by atoms with Crippen molar-refractivity contribution < 1.29 is 23.5 Å². The van der Waals surface area contributed by atoms with E-state index < -0.39 is 11.7 Å². The Bertz CT molecular complexity index is 1320. The van der Waals surface area contributed by atoms with Crippen molar-refractivity contribution in [2.24, 2.45) is 5.73 Å². The number of nitrogens with one attached hydrogen (secondary N) is 1. The monoisotopic (exact) mass is 524 g/mol. The maximum Gasteiger partial charge on any atom is 0.261 e. The van der Waals surface area contributed by atoms with Crippen molar-refractivity contribution in [3.05, 3.63) is 83.1 Å². The minimum absolute atomic E-state index is 0.122. The minimum Gasteiger partial charge on any atom is -0.457 e. The number of anilines is 2. The van der Waals surface area contributed by atoms with Gasteiger partial charge in [-0.25, -0.2) is 4.39 Å². The molecule has 3 N–H and O–H groups in total. The molecule has 0 aliphatic carbocycles. The molecular formula is C27H26ClFN4O4. The molecule has 1 aliphatic heterocycles. The Balaban J connectivity index is 1.63. The Hall–Kier alpha value is -3.95. The van der Waals surface area contributed by atoms with E-state index in [-0.39, 0.29) is 35.7 Å². The van der Waals surface area contributed by atoms with E-state index in [1.165, 1.54) is 24.0 Å². The number of carbonyl (C=O) groups is 3. The fourth-order valence-electron chi connectivity index (χ4n) is 4.01. The summed E-state index contributed by atoms with van der Waals surface area (Å²) in [6.45, 7) is 1.87. The van der Waals surface area contributed by atoms with E-state index in [2.05, 4.69) is 5.32 Å². The predicted molar refractivity (Wildman–Crippen MR) is 140 cm³/mol. The molecule has 3 amide bonds. The highest BCUT2D eigenvalue weighted by Gasteiger charge is 2.29. The molecule has 192 valence electrons. The molecule has 4 rings (SSSR count). The van der Waals surface area contributed by atoms with Gasteiger partial charge in [-0.3, -0.25) is 19.3 Å². The second-order valence-electron chi connectivity index (χ2n) is 8.71. The molecule has 1 atom stereocenters. The number of carbonyl (C=O) groups excluding carboxylic acids is 3. The zero-order valence-corrected chi connectivity index (χ0v) is 20.9. The van der Waals surface area contributed by atoms with Crippen LogP contribution in [0.5, 0.6) is 11.5 Å². The van der Waals surface area contributed by atoms with E-state index in [4.69, 9.17) is 22.1 Å². The first-order valence-electron chi connectivity index (χ1n) is 11.7. The van der Waals surface area contributed by atoms with Gasteiger partial charge in [0.25, 0.3) is 5.91 Å². The highest BCUT2D eigenvalue weighted by molar-refractivity contribution is 6.30. The van der Waals surface area contributed by atoms with E-state index in [9.17, 15) is 18.8 Å². The van der Waals surface area contributed by atoms with Crippen LogP contribution < -0.4 is 20.7 Å². The molecule has 0 spiro atoms. The molecular weight excluding hydrogens is 499 g/mol. The van der Waals surface area contributed by atoms with Crippen LogP contribution in [0.25, 0.3) is 0 Å². The summed E-state index contributed by atoms with van der Waals surface area (Å²) in [5.74, 6) is -1.16. The third-order valence-corrected chi connectivity index (χ3v) is 6.05. The van der Waals surface area contributed by atoms with Gasteiger partial charge in [-0.2, -0.15) is 0 Å². The number of hydrogen-bond donors (Lipinski definition) is 2. The van der Waals surface area contributed by atoms with Crippen molar-refractivity contribution in [3.63, 3.8) is 0 Å². The Kier molecular flexibility index (Phi) is 8.05. The molecule has 37 heavy (non-hydrogen) atoms. The Morgan fingerprint density at radius 3 is 2.51 bits per heavy atom. The van der Waals surface area contributed by atoms with Crippen LogP contribution in [-0.4, -0.2) is 48.3 Å². The number of hydrogen-bond acceptors (Lipinski definition) is 5. The smallest absolute Gasteiger partial charge is 0.261 e. The molecule has 0 radical (unpaired) electrons. The number of likely N-dealkylation sites (tertiary alicyclic amines) is 1. The summed E-state index contributed by atoms with van der Waals surface area (Å²) in [6, 6.07) is 17.0. The predicted octanol–water partition coefficient (Wildman–Crippen LogP) is 4.44. The van der Waals surface area contributed by atoms with E-state index in [0.29, 0.717) is 41.7 Å². The largest absolute Gasteiger partial charge is 0.457 e. The highest BCUT2D eigenvalue weighted by atomic mass is 35.5. The van der Waals surface area contributed by atoms with Gasteiger partial charge in [0, 0.05) is 42.5 Å². The molecule has 1 fully saturated rings. The van der Waals surface area contributed by atoms with Gasteiger partial charge < -0.3 is 20.7 Å². The first-order valence-corrected chi connectivity index (χ1v) is 12.0. The summed E-state index contributed by atoms with van der Waals surface area (Å²) in [6.07, 6.45) is 0.669. The third-order valence-electron chi connectivity index (χ3n) is 5.81. The Labute approximate surface area is 218 Å². The lowest BCUT2D eigenvalue weighted by Gasteiger charge is -2.26. The molecule has 1 aliphatic rings. The number of ether oxygens (including phenoxy) is 1. The number of nitrogens with two attached hydrogens (primary N) is 1. The average Bonchev–Trinajstić information content (AvgIpc) is 3.30. The fourth-order valence-corrected chi connectivity index (χ4v) is 4.19. The summed E-state index contributed by atoms with van der Waals surface area (Å²) in [5.41, 5.74) is 6.29. The first-order chi connectivity index (χ1) is 17.7. The number of rotatable bonds is 7. The first kappa shape index (κ1) is 26.1. The van der Waals surface area contributed by atoms with Crippen molar-refractivity contribution in [1.82, 2.24) is 4.90 Å². The molecule has 1 heterocycles. The maximum atomic E-state index is 14.8. The second-order valence-corrected chi connectivity index (χ2v) is 9.15. The van der Waals surface area contributed by atoms with Crippen molar-refractivity contribution in [2.75, 3.05) is 29.9 Å². The van der Waals surface area contributed by atoms with Crippen LogP contribution in [0.2, 0.25) is 5.02 Å². The van der Waals surface area contributed by atoms with Crippen LogP contribution in [0.15, 0.2) is 66.7 Å². The van der Waals surface area contributed by atoms with Crippen molar-refractivity contribution >= 4 is 40.7 Å². The summed E-state index contributed by atoms with van der Waals surface area (Å²) in [7, 11) is 0. The van der Waals surface area contributed by atoms with Gasteiger partial charge >= 0.3 is 0 Å². The standard InChI is InChI=1S/C27H26ClFN4O4/c1-17(34)31-20-5-10-25(29)24(14-20)27(36)33(16-26(35)32-12-11-19(30)15-32)21-6-8-22(9-7-21)37-23-4-2-3-18(28)13-23/h2-10,13-14,19H,11-12,15-16,30H2,1H3,(H,31,34). The molecule has 0 bridgehead atoms. The lowest BCUT2D eigenvalue weighted by Crippen LogP contribution is -2.43. The zero-order chi connectivity index (χ0) is 26.5. The van der Waals surface area contributed by atoms with E-state index >= 15 is 0 Å². The fraction of sp³-hybridized carbons (Fsp3) is 0.222. The number of nitrogens with zero attached hydrogens (tertiary/aromatic N) is 2. The lowest BCUT2D eigenvalue weighted by atomic mass is 10.1. The lowest BCUT2D eigenvalue weighted by molar-refractivity contribution is -0.128. The average molecular weight is 525 g/mol. The molecule has 1 unspecified atom stereocenters. The van der Waals surface area contributed by atoms with Gasteiger partial charge in [0.2, 0.25) is 11.8 Å². The number of halogens is 2. The molecule has 1 saturated heterocycles. The van der Waals surface area contributed by atoms with Crippen LogP contribution in [0.4, 0.5) is 15.8 Å². The SMILES string of the molecule is CC(=O)Nc1ccc(F)c(C(=O)N(CC(=O)N2CCC(N)C2)c2ccc(Oc3cccc(Cl)c3)cc2)c1. The summed E-state index contributed by atoms with van der Waals surface area (Å²) >= 11 is 6.01. The topological polar surface area (TPSA) is 105 Å². The highest BCUT2D eigenvalue weighted by Crippen LogP contribution is 2.28.